The van der Waals surface area contributed by atoms with E-state index in [0.717, 1.165) is 16.9 Å². The summed E-state index contributed by atoms with van der Waals surface area (Å²) in [4.78, 5) is 11.9. The zero-order valence-electron chi connectivity index (χ0n) is 14.8. The van der Waals surface area contributed by atoms with E-state index in [9.17, 15) is 4.79 Å². The van der Waals surface area contributed by atoms with Gasteiger partial charge in [-0.3, -0.25) is 15.6 Å². The van der Waals surface area contributed by atoms with Crippen molar-refractivity contribution in [3.63, 3.8) is 0 Å². The lowest BCUT2D eigenvalue weighted by Crippen LogP contribution is -2.45. The van der Waals surface area contributed by atoms with Gasteiger partial charge in [-0.1, -0.05) is 26.0 Å². The monoisotopic (exact) mass is 361 g/mol. The van der Waals surface area contributed by atoms with Crippen molar-refractivity contribution < 1.29 is 13.9 Å². The maximum atomic E-state index is 11.9. The number of carbonyl (C=O) groups is 1. The summed E-state index contributed by atoms with van der Waals surface area (Å²) >= 11 is 4.88. The van der Waals surface area contributed by atoms with E-state index >= 15 is 0 Å². The van der Waals surface area contributed by atoms with Crippen LogP contribution in [-0.4, -0.2) is 18.1 Å². The number of nitrogens with one attached hydrogen (secondary N) is 3. The Balaban J connectivity index is 1.99. The van der Waals surface area contributed by atoms with Gasteiger partial charge in [0, 0.05) is 7.05 Å². The van der Waals surface area contributed by atoms with Crippen LogP contribution in [0.15, 0.2) is 34.7 Å². The van der Waals surface area contributed by atoms with E-state index in [1.165, 1.54) is 0 Å². The summed E-state index contributed by atoms with van der Waals surface area (Å²) in [5.41, 5.74) is 7.26. The molecule has 0 atom stereocenters. The molecule has 1 aromatic carbocycles. The van der Waals surface area contributed by atoms with Crippen molar-refractivity contribution in [2.24, 2.45) is 0 Å². The molecule has 1 heterocycles. The van der Waals surface area contributed by atoms with Crippen LogP contribution in [0, 0.1) is 6.92 Å². The molecule has 0 aliphatic rings. The number of benzene rings is 1. The molecule has 0 bridgehead atoms. The summed E-state index contributed by atoms with van der Waals surface area (Å²) < 4.78 is 11.4. The van der Waals surface area contributed by atoms with E-state index in [1.807, 2.05) is 13.0 Å². The molecule has 0 aliphatic carbocycles. The molecule has 0 saturated heterocycles. The minimum absolute atomic E-state index is 0.179. The molecule has 0 saturated carbocycles. The van der Waals surface area contributed by atoms with E-state index in [0.29, 0.717) is 16.8 Å². The first-order chi connectivity index (χ1) is 11.9. The zero-order chi connectivity index (χ0) is 18.4. The standard InChI is InChI=1S/C18H23N3O3S/c1-11(2)14-7-5-12(3)9-16(14)23-10-13-6-8-15(24-13)17(22)20-21-18(25)19-4/h5-9,11H,10H2,1-4H3,(H,20,22)(H2,19,21,25). The Hall–Kier alpha value is -2.54. The van der Waals surface area contributed by atoms with Gasteiger partial charge in [-0.15, -0.1) is 0 Å². The maximum Gasteiger partial charge on any atom is 0.305 e. The minimum Gasteiger partial charge on any atom is -0.485 e. The summed E-state index contributed by atoms with van der Waals surface area (Å²) in [6.07, 6.45) is 0. The average Bonchev–Trinajstić information content (AvgIpc) is 3.06. The lowest BCUT2D eigenvalue weighted by Gasteiger charge is -2.14. The van der Waals surface area contributed by atoms with E-state index in [4.69, 9.17) is 21.4 Å². The Labute approximate surface area is 152 Å². The molecule has 0 aliphatic heterocycles. The zero-order valence-corrected chi connectivity index (χ0v) is 15.6. The molecule has 2 aromatic rings. The van der Waals surface area contributed by atoms with Gasteiger partial charge < -0.3 is 14.5 Å². The van der Waals surface area contributed by atoms with Crippen molar-refractivity contribution in [1.29, 1.82) is 0 Å². The fourth-order valence-corrected chi connectivity index (χ4v) is 2.26. The SMILES string of the molecule is CNC(=S)NNC(=O)c1ccc(COc2cc(C)ccc2C(C)C)o1. The molecular formula is C18H23N3O3S. The lowest BCUT2D eigenvalue weighted by molar-refractivity contribution is 0.0911. The summed E-state index contributed by atoms with van der Waals surface area (Å²) in [5.74, 6) is 1.52. The highest BCUT2D eigenvalue weighted by molar-refractivity contribution is 7.80. The minimum atomic E-state index is -0.415. The van der Waals surface area contributed by atoms with Crippen LogP contribution in [0.5, 0.6) is 5.75 Å². The van der Waals surface area contributed by atoms with Crippen LogP contribution in [0.1, 0.15) is 47.2 Å². The van der Waals surface area contributed by atoms with Crippen molar-refractivity contribution in [1.82, 2.24) is 16.2 Å². The normalized spacial score (nSPS) is 10.4. The van der Waals surface area contributed by atoms with E-state index in [1.54, 1.807) is 19.2 Å². The summed E-state index contributed by atoms with van der Waals surface area (Å²) in [5, 5.41) is 3.00. The maximum absolute atomic E-state index is 11.9. The van der Waals surface area contributed by atoms with E-state index in [-0.39, 0.29) is 12.4 Å². The van der Waals surface area contributed by atoms with Gasteiger partial charge in [-0.25, -0.2) is 0 Å². The summed E-state index contributed by atoms with van der Waals surface area (Å²) in [7, 11) is 1.65. The Morgan fingerprint density at radius 2 is 2.00 bits per heavy atom. The largest absolute Gasteiger partial charge is 0.485 e. The molecule has 1 amide bonds. The van der Waals surface area contributed by atoms with Crippen molar-refractivity contribution in [2.45, 2.75) is 33.3 Å². The fourth-order valence-electron chi connectivity index (χ4n) is 2.21. The number of hydrogen-bond donors (Lipinski definition) is 3. The Morgan fingerprint density at radius 3 is 2.68 bits per heavy atom. The molecule has 0 radical (unpaired) electrons. The molecule has 0 unspecified atom stereocenters. The van der Waals surface area contributed by atoms with Crippen LogP contribution in [0.25, 0.3) is 0 Å². The number of amides is 1. The number of rotatable bonds is 5. The first-order valence-electron chi connectivity index (χ1n) is 8.00. The molecule has 1 aromatic heterocycles. The van der Waals surface area contributed by atoms with Gasteiger partial charge in [0.25, 0.3) is 0 Å². The van der Waals surface area contributed by atoms with Gasteiger partial charge in [-0.05, 0) is 54.4 Å². The van der Waals surface area contributed by atoms with Crippen molar-refractivity contribution >= 4 is 23.2 Å². The van der Waals surface area contributed by atoms with Gasteiger partial charge in [0.1, 0.15) is 18.1 Å². The second-order valence-electron chi connectivity index (χ2n) is 5.91. The predicted octanol–water partition coefficient (Wildman–Crippen LogP) is 3.03. The Kier molecular flexibility index (Phi) is 6.41. The molecule has 7 heteroatoms. The molecule has 25 heavy (non-hydrogen) atoms. The van der Waals surface area contributed by atoms with Gasteiger partial charge in [0.05, 0.1) is 0 Å². The third-order valence-electron chi connectivity index (χ3n) is 3.56. The van der Waals surface area contributed by atoms with E-state index < -0.39 is 5.91 Å². The number of furan rings is 1. The Bertz CT molecular complexity index is 756. The number of ether oxygens (including phenoxy) is 1. The third-order valence-corrected chi connectivity index (χ3v) is 3.87. The van der Waals surface area contributed by atoms with Crippen molar-refractivity contribution in [2.75, 3.05) is 7.05 Å². The fraction of sp³-hybridized carbons (Fsp3) is 0.333. The molecular weight excluding hydrogens is 338 g/mol. The van der Waals surface area contributed by atoms with Gasteiger partial charge in [0.2, 0.25) is 0 Å². The molecule has 2 rings (SSSR count). The number of thiocarbonyl (C=S) groups is 1. The van der Waals surface area contributed by atoms with E-state index in [2.05, 4.69) is 42.1 Å². The van der Waals surface area contributed by atoms with Crippen LogP contribution in [0.4, 0.5) is 0 Å². The van der Waals surface area contributed by atoms with Crippen LogP contribution < -0.4 is 20.9 Å². The quantitative estimate of drug-likeness (QED) is 0.561. The van der Waals surface area contributed by atoms with Crippen LogP contribution in [-0.2, 0) is 6.61 Å². The first-order valence-corrected chi connectivity index (χ1v) is 8.41. The number of carbonyl (C=O) groups excluding carboxylic acids is 1. The summed E-state index contributed by atoms with van der Waals surface area (Å²) in [6, 6.07) is 9.47. The van der Waals surface area contributed by atoms with Crippen molar-refractivity contribution in [3.8, 4) is 5.75 Å². The van der Waals surface area contributed by atoms with Crippen LogP contribution >= 0.6 is 12.2 Å². The predicted molar refractivity (Wildman–Crippen MR) is 101 cm³/mol. The molecule has 134 valence electrons. The second kappa shape index (κ2) is 8.53. The molecule has 0 fully saturated rings. The topological polar surface area (TPSA) is 75.5 Å². The van der Waals surface area contributed by atoms with Crippen LogP contribution in [0.3, 0.4) is 0 Å². The smallest absolute Gasteiger partial charge is 0.305 e. The second-order valence-corrected chi connectivity index (χ2v) is 6.32. The number of hydrogen-bond acceptors (Lipinski definition) is 4. The molecule has 6 nitrogen and oxygen atoms in total. The molecule has 0 spiro atoms. The highest BCUT2D eigenvalue weighted by atomic mass is 32.1. The average molecular weight is 361 g/mol. The van der Waals surface area contributed by atoms with Gasteiger partial charge >= 0.3 is 5.91 Å². The van der Waals surface area contributed by atoms with Gasteiger partial charge in [-0.2, -0.15) is 0 Å². The highest BCUT2D eigenvalue weighted by Gasteiger charge is 2.13. The van der Waals surface area contributed by atoms with Crippen molar-refractivity contribution in [3.05, 3.63) is 53.0 Å². The summed E-state index contributed by atoms with van der Waals surface area (Å²) in [6.45, 7) is 6.51. The number of hydrazine groups is 1. The number of aryl methyl sites for hydroxylation is 1. The lowest BCUT2D eigenvalue weighted by atomic mass is 10.0. The van der Waals surface area contributed by atoms with Crippen LogP contribution in [0.2, 0.25) is 0 Å². The third kappa shape index (κ3) is 5.22. The highest BCUT2D eigenvalue weighted by Crippen LogP contribution is 2.28. The Morgan fingerprint density at radius 1 is 1.24 bits per heavy atom. The first kappa shape index (κ1) is 18.8. The van der Waals surface area contributed by atoms with Gasteiger partial charge in [0.15, 0.2) is 10.9 Å². The molecule has 3 N–H and O–H groups in total.